The molecule has 7 nitrogen and oxygen atoms in total. The normalized spacial score (nSPS) is 19.9. The van der Waals surface area contributed by atoms with Gasteiger partial charge in [-0.2, -0.15) is 5.10 Å². The van der Waals surface area contributed by atoms with Gasteiger partial charge in [0.2, 0.25) is 5.91 Å². The van der Waals surface area contributed by atoms with Gasteiger partial charge in [-0.3, -0.25) is 9.48 Å². The van der Waals surface area contributed by atoms with Crippen LogP contribution in [0.5, 0.6) is 0 Å². The van der Waals surface area contributed by atoms with Crippen molar-refractivity contribution >= 4 is 22.6 Å². The molecule has 4 rings (SSSR count). The van der Waals surface area contributed by atoms with E-state index in [9.17, 15) is 4.79 Å². The number of fused-ring (bicyclic) bond motifs is 1. The van der Waals surface area contributed by atoms with Gasteiger partial charge in [0.1, 0.15) is 0 Å². The highest BCUT2D eigenvalue weighted by Gasteiger charge is 2.27. The van der Waals surface area contributed by atoms with Crippen molar-refractivity contribution in [3.05, 3.63) is 36.7 Å². The Balaban J connectivity index is 1.49. The molecule has 2 heterocycles. The topological polar surface area (TPSA) is 75.9 Å². The summed E-state index contributed by atoms with van der Waals surface area (Å²) in [6.07, 6.45) is 7.76. The van der Waals surface area contributed by atoms with Crippen LogP contribution in [0.1, 0.15) is 25.7 Å². The van der Waals surface area contributed by atoms with E-state index in [0.29, 0.717) is 11.9 Å². The summed E-state index contributed by atoms with van der Waals surface area (Å²) >= 11 is 0. The number of nitrogens with one attached hydrogen (secondary N) is 1. The van der Waals surface area contributed by atoms with Crippen molar-refractivity contribution in [3.63, 3.8) is 0 Å². The van der Waals surface area contributed by atoms with Gasteiger partial charge >= 0.3 is 0 Å². The molecule has 0 radical (unpaired) electrons. The molecule has 3 aromatic rings. The summed E-state index contributed by atoms with van der Waals surface area (Å²) in [5.41, 5.74) is 2.91. The number of aromatic nitrogens is 4. The average molecular weight is 378 g/mol. The van der Waals surface area contributed by atoms with Crippen molar-refractivity contribution in [1.82, 2.24) is 24.9 Å². The van der Waals surface area contributed by atoms with E-state index in [1.54, 1.807) is 4.68 Å². The van der Waals surface area contributed by atoms with Crippen LogP contribution in [0.2, 0.25) is 0 Å². The molecule has 0 atom stereocenters. The molecule has 0 spiro atoms. The minimum absolute atomic E-state index is 0.0503. The number of rotatable bonds is 4. The molecule has 1 amide bonds. The maximum Gasteiger partial charge on any atom is 0.228 e. The lowest BCUT2D eigenvalue weighted by Crippen LogP contribution is -2.35. The largest absolute Gasteiger partial charge is 0.309 e. The van der Waals surface area contributed by atoms with Crippen LogP contribution < -0.4 is 5.32 Å². The monoisotopic (exact) mass is 378 g/mol. The van der Waals surface area contributed by atoms with E-state index < -0.39 is 0 Å². The molecule has 146 valence electrons. The highest BCUT2D eigenvalue weighted by atomic mass is 16.1. The predicted molar refractivity (Wildman–Crippen MR) is 110 cm³/mol. The molecule has 1 fully saturated rings. The number of amides is 1. The minimum Gasteiger partial charge on any atom is -0.309 e. The van der Waals surface area contributed by atoms with E-state index >= 15 is 0 Å². The number of anilines is 1. The SMILES string of the molecule is CN(C)C1CCC(C(=O)Nc2cc3cc(-c4cnn(C)c4)ccc3nn2)CC1. The number of hydrogen-bond donors (Lipinski definition) is 1. The third-order valence-corrected chi connectivity index (χ3v) is 5.67. The summed E-state index contributed by atoms with van der Waals surface area (Å²) in [5.74, 6) is 0.611. The second-order valence-electron chi connectivity index (χ2n) is 7.86. The molecule has 0 aliphatic heterocycles. The molecule has 1 aliphatic rings. The molecule has 0 unspecified atom stereocenters. The fourth-order valence-corrected chi connectivity index (χ4v) is 3.94. The summed E-state index contributed by atoms with van der Waals surface area (Å²) in [4.78, 5) is 14.9. The van der Waals surface area contributed by atoms with Crippen molar-refractivity contribution < 1.29 is 4.79 Å². The lowest BCUT2D eigenvalue weighted by molar-refractivity contribution is -0.121. The van der Waals surface area contributed by atoms with Crippen molar-refractivity contribution in [2.75, 3.05) is 19.4 Å². The number of carbonyl (C=O) groups excluding carboxylic acids is 1. The van der Waals surface area contributed by atoms with Gasteiger partial charge in [-0.05, 0) is 63.5 Å². The number of nitrogens with zero attached hydrogens (tertiary/aromatic N) is 5. The van der Waals surface area contributed by atoms with E-state index in [2.05, 4.69) is 45.7 Å². The van der Waals surface area contributed by atoms with E-state index in [4.69, 9.17) is 0 Å². The third kappa shape index (κ3) is 3.89. The Morgan fingerprint density at radius 1 is 1.11 bits per heavy atom. The Kier molecular flexibility index (Phi) is 5.09. The van der Waals surface area contributed by atoms with Gasteiger partial charge in [-0.25, -0.2) is 0 Å². The van der Waals surface area contributed by atoms with Crippen LogP contribution in [0, 0.1) is 5.92 Å². The molecule has 1 aliphatic carbocycles. The maximum atomic E-state index is 12.7. The zero-order chi connectivity index (χ0) is 19.7. The molecule has 1 N–H and O–H groups in total. The summed E-state index contributed by atoms with van der Waals surface area (Å²) in [6.45, 7) is 0. The number of hydrogen-bond acceptors (Lipinski definition) is 5. The van der Waals surface area contributed by atoms with Gasteiger partial charge in [-0.15, -0.1) is 10.2 Å². The fourth-order valence-electron chi connectivity index (χ4n) is 3.94. The highest BCUT2D eigenvalue weighted by molar-refractivity contribution is 5.94. The lowest BCUT2D eigenvalue weighted by atomic mass is 9.85. The molecule has 1 aromatic carbocycles. The first-order chi connectivity index (χ1) is 13.5. The Bertz CT molecular complexity index is 987. The highest BCUT2D eigenvalue weighted by Crippen LogP contribution is 2.28. The first-order valence-electron chi connectivity index (χ1n) is 9.73. The zero-order valence-electron chi connectivity index (χ0n) is 16.6. The van der Waals surface area contributed by atoms with Crippen LogP contribution in [-0.2, 0) is 11.8 Å². The second-order valence-corrected chi connectivity index (χ2v) is 7.86. The van der Waals surface area contributed by atoms with Crippen molar-refractivity contribution in [2.24, 2.45) is 13.0 Å². The Morgan fingerprint density at radius 3 is 2.57 bits per heavy atom. The smallest absolute Gasteiger partial charge is 0.228 e. The Labute approximate surface area is 164 Å². The van der Waals surface area contributed by atoms with Gasteiger partial charge in [0.05, 0.1) is 11.7 Å². The van der Waals surface area contributed by atoms with Crippen LogP contribution in [0.3, 0.4) is 0 Å². The maximum absolute atomic E-state index is 12.7. The molecule has 1 saturated carbocycles. The second kappa shape index (κ2) is 7.67. The first kappa shape index (κ1) is 18.6. The van der Waals surface area contributed by atoms with Gasteiger partial charge in [0.25, 0.3) is 0 Å². The number of benzene rings is 1. The molecule has 0 saturated heterocycles. The summed E-state index contributed by atoms with van der Waals surface area (Å²) in [6, 6.07) is 8.48. The molecule has 2 aromatic heterocycles. The fraction of sp³-hybridized carbons (Fsp3) is 0.429. The molecular formula is C21H26N6O. The molecule has 7 heteroatoms. The Hall–Kier alpha value is -2.80. The third-order valence-electron chi connectivity index (χ3n) is 5.67. The minimum atomic E-state index is 0.0503. The van der Waals surface area contributed by atoms with Gasteiger partial charge in [0, 0.05) is 36.2 Å². The zero-order valence-corrected chi connectivity index (χ0v) is 16.6. The lowest BCUT2D eigenvalue weighted by Gasteiger charge is -2.31. The van der Waals surface area contributed by atoms with E-state index in [0.717, 1.165) is 47.7 Å². The van der Waals surface area contributed by atoms with Crippen molar-refractivity contribution in [2.45, 2.75) is 31.7 Å². The predicted octanol–water partition coefficient (Wildman–Crippen LogP) is 3.09. The van der Waals surface area contributed by atoms with Crippen LogP contribution in [0.15, 0.2) is 36.7 Å². The molecule has 28 heavy (non-hydrogen) atoms. The van der Waals surface area contributed by atoms with Gasteiger partial charge < -0.3 is 10.2 Å². The number of carbonyl (C=O) groups is 1. The van der Waals surface area contributed by atoms with Gasteiger partial charge in [-0.1, -0.05) is 6.07 Å². The summed E-state index contributed by atoms with van der Waals surface area (Å²) in [7, 11) is 6.11. The van der Waals surface area contributed by atoms with Crippen LogP contribution in [0.4, 0.5) is 5.82 Å². The van der Waals surface area contributed by atoms with Crippen molar-refractivity contribution in [3.8, 4) is 11.1 Å². The number of aryl methyl sites for hydroxylation is 1. The standard InChI is InChI=1S/C21H26N6O/c1-26(2)18-7-4-14(5-8-18)21(28)23-20-11-16-10-15(6-9-19(16)24-25-20)17-12-22-27(3)13-17/h6,9-14,18H,4-5,7-8H2,1-3H3,(H,23,25,28). The molecular weight excluding hydrogens is 352 g/mol. The Morgan fingerprint density at radius 2 is 1.89 bits per heavy atom. The summed E-state index contributed by atoms with van der Waals surface area (Å²) in [5, 5.41) is 16.6. The quantitative estimate of drug-likeness (QED) is 0.755. The summed E-state index contributed by atoms with van der Waals surface area (Å²) < 4.78 is 1.78. The van der Waals surface area contributed by atoms with Crippen LogP contribution in [-0.4, -0.2) is 50.9 Å². The average Bonchev–Trinajstić information content (AvgIpc) is 3.14. The van der Waals surface area contributed by atoms with E-state index in [1.165, 1.54) is 0 Å². The van der Waals surface area contributed by atoms with E-state index in [-0.39, 0.29) is 11.8 Å². The van der Waals surface area contributed by atoms with Gasteiger partial charge in [0.15, 0.2) is 5.82 Å². The van der Waals surface area contributed by atoms with Crippen LogP contribution >= 0.6 is 0 Å². The molecule has 0 bridgehead atoms. The van der Waals surface area contributed by atoms with Crippen LogP contribution in [0.25, 0.3) is 22.0 Å². The first-order valence-corrected chi connectivity index (χ1v) is 9.73. The van der Waals surface area contributed by atoms with Crippen molar-refractivity contribution in [1.29, 1.82) is 0 Å². The van der Waals surface area contributed by atoms with E-state index in [1.807, 2.05) is 37.6 Å².